The van der Waals surface area contributed by atoms with Gasteiger partial charge in [0.25, 0.3) is 0 Å². The maximum absolute atomic E-state index is 5.71. The molecule has 0 aromatic carbocycles. The molecule has 1 atom stereocenters. The topological polar surface area (TPSA) is 12.0 Å². The number of hydrogen-bond acceptors (Lipinski definition) is 1. The molecule has 0 aromatic heterocycles. The zero-order valence-corrected chi connectivity index (χ0v) is 9.87. The molecule has 0 saturated carbocycles. The Bertz CT molecular complexity index is 96.1. The van der Waals surface area contributed by atoms with Crippen molar-refractivity contribution >= 4 is 11.6 Å². The summed E-state index contributed by atoms with van der Waals surface area (Å²) >= 11 is 5.71. The van der Waals surface area contributed by atoms with Crippen molar-refractivity contribution in [2.45, 2.75) is 46.0 Å². The number of halogens is 1. The van der Waals surface area contributed by atoms with Crippen molar-refractivity contribution in [2.24, 2.45) is 5.92 Å². The molecule has 0 amide bonds. The Morgan fingerprint density at radius 1 is 1.23 bits per heavy atom. The Labute approximate surface area is 88.2 Å². The first kappa shape index (κ1) is 13.2. The minimum Gasteiger partial charge on any atom is -0.316 e. The SMILES string of the molecule is CCCCCNCC(CC)CCCl. The van der Waals surface area contributed by atoms with Gasteiger partial charge in [0, 0.05) is 5.88 Å². The smallest absolute Gasteiger partial charge is 0.0226 e. The summed E-state index contributed by atoms with van der Waals surface area (Å²) in [5.41, 5.74) is 0. The molecule has 80 valence electrons. The number of hydrogen-bond donors (Lipinski definition) is 1. The third-order valence-corrected chi connectivity index (χ3v) is 2.70. The number of nitrogens with one attached hydrogen (secondary N) is 1. The summed E-state index contributed by atoms with van der Waals surface area (Å²) in [6.45, 7) is 6.80. The van der Waals surface area contributed by atoms with Gasteiger partial charge in [0.2, 0.25) is 0 Å². The molecule has 1 N–H and O–H groups in total. The Morgan fingerprint density at radius 3 is 2.54 bits per heavy atom. The van der Waals surface area contributed by atoms with E-state index in [1.165, 1.54) is 32.2 Å². The monoisotopic (exact) mass is 205 g/mol. The average Bonchev–Trinajstić information content (AvgIpc) is 2.16. The maximum atomic E-state index is 5.71. The van der Waals surface area contributed by atoms with Crippen LogP contribution in [-0.2, 0) is 0 Å². The Morgan fingerprint density at radius 2 is 2.00 bits per heavy atom. The van der Waals surface area contributed by atoms with E-state index in [4.69, 9.17) is 11.6 Å². The van der Waals surface area contributed by atoms with Crippen molar-refractivity contribution in [2.75, 3.05) is 19.0 Å². The molecule has 0 saturated heterocycles. The van der Waals surface area contributed by atoms with Crippen LogP contribution >= 0.6 is 11.6 Å². The van der Waals surface area contributed by atoms with Crippen LogP contribution < -0.4 is 5.32 Å². The predicted molar refractivity (Wildman–Crippen MR) is 61.5 cm³/mol. The van der Waals surface area contributed by atoms with E-state index in [-0.39, 0.29) is 0 Å². The van der Waals surface area contributed by atoms with E-state index in [9.17, 15) is 0 Å². The predicted octanol–water partition coefficient (Wildman–Crippen LogP) is 3.42. The molecule has 0 spiro atoms. The highest BCUT2D eigenvalue weighted by Gasteiger charge is 2.03. The van der Waals surface area contributed by atoms with E-state index in [2.05, 4.69) is 19.2 Å². The zero-order valence-electron chi connectivity index (χ0n) is 9.11. The molecule has 0 aliphatic carbocycles. The van der Waals surface area contributed by atoms with Gasteiger partial charge < -0.3 is 5.32 Å². The van der Waals surface area contributed by atoms with Crippen molar-refractivity contribution in [3.8, 4) is 0 Å². The minimum absolute atomic E-state index is 0.777. The van der Waals surface area contributed by atoms with Gasteiger partial charge in [-0.1, -0.05) is 33.1 Å². The van der Waals surface area contributed by atoms with Crippen LogP contribution in [0.25, 0.3) is 0 Å². The Kier molecular flexibility index (Phi) is 10.5. The molecule has 13 heavy (non-hydrogen) atoms. The van der Waals surface area contributed by atoms with E-state index in [0.717, 1.165) is 24.8 Å². The number of alkyl halides is 1. The fraction of sp³-hybridized carbons (Fsp3) is 1.00. The summed E-state index contributed by atoms with van der Waals surface area (Å²) < 4.78 is 0. The minimum atomic E-state index is 0.777. The van der Waals surface area contributed by atoms with Crippen LogP contribution in [0.5, 0.6) is 0 Å². The average molecular weight is 206 g/mol. The van der Waals surface area contributed by atoms with Crippen molar-refractivity contribution in [1.29, 1.82) is 0 Å². The van der Waals surface area contributed by atoms with E-state index >= 15 is 0 Å². The standard InChI is InChI=1S/C11H24ClN/c1-3-5-6-9-13-10-11(4-2)7-8-12/h11,13H,3-10H2,1-2H3. The molecule has 1 unspecified atom stereocenters. The van der Waals surface area contributed by atoms with Crippen LogP contribution in [0.15, 0.2) is 0 Å². The molecular weight excluding hydrogens is 182 g/mol. The van der Waals surface area contributed by atoms with Gasteiger partial charge >= 0.3 is 0 Å². The second kappa shape index (κ2) is 10.3. The lowest BCUT2D eigenvalue weighted by Gasteiger charge is -2.13. The van der Waals surface area contributed by atoms with Crippen molar-refractivity contribution < 1.29 is 0 Å². The fourth-order valence-corrected chi connectivity index (χ4v) is 1.72. The molecule has 0 rings (SSSR count). The molecular formula is C11H24ClN. The van der Waals surface area contributed by atoms with E-state index in [1.54, 1.807) is 0 Å². The Balaban J connectivity index is 3.17. The molecule has 2 heteroatoms. The van der Waals surface area contributed by atoms with Gasteiger partial charge in [0.05, 0.1) is 0 Å². The fourth-order valence-electron chi connectivity index (χ4n) is 1.41. The van der Waals surface area contributed by atoms with Gasteiger partial charge in [-0.3, -0.25) is 0 Å². The first-order valence-corrected chi connectivity index (χ1v) is 6.15. The zero-order chi connectivity index (χ0) is 9.94. The van der Waals surface area contributed by atoms with E-state index in [0.29, 0.717) is 0 Å². The molecule has 0 aliphatic rings. The van der Waals surface area contributed by atoms with E-state index < -0.39 is 0 Å². The second-order valence-corrected chi connectivity index (χ2v) is 4.04. The molecule has 0 aromatic rings. The van der Waals surface area contributed by atoms with Gasteiger partial charge in [-0.15, -0.1) is 11.6 Å². The van der Waals surface area contributed by atoms with Gasteiger partial charge in [-0.05, 0) is 31.8 Å². The number of rotatable bonds is 9. The van der Waals surface area contributed by atoms with Crippen molar-refractivity contribution in [3.63, 3.8) is 0 Å². The largest absolute Gasteiger partial charge is 0.316 e. The van der Waals surface area contributed by atoms with Gasteiger partial charge in [0.1, 0.15) is 0 Å². The van der Waals surface area contributed by atoms with Gasteiger partial charge in [0.15, 0.2) is 0 Å². The summed E-state index contributed by atoms with van der Waals surface area (Å²) in [6, 6.07) is 0. The van der Waals surface area contributed by atoms with E-state index in [1.807, 2.05) is 0 Å². The van der Waals surface area contributed by atoms with Gasteiger partial charge in [-0.25, -0.2) is 0 Å². The maximum Gasteiger partial charge on any atom is 0.0226 e. The molecule has 0 bridgehead atoms. The lowest BCUT2D eigenvalue weighted by Crippen LogP contribution is -2.23. The summed E-state index contributed by atoms with van der Waals surface area (Å²) in [4.78, 5) is 0. The van der Waals surface area contributed by atoms with Crippen LogP contribution in [0.2, 0.25) is 0 Å². The van der Waals surface area contributed by atoms with Crippen LogP contribution in [0, 0.1) is 5.92 Å². The second-order valence-electron chi connectivity index (χ2n) is 3.66. The first-order chi connectivity index (χ1) is 6.35. The first-order valence-electron chi connectivity index (χ1n) is 5.61. The highest BCUT2D eigenvalue weighted by atomic mass is 35.5. The van der Waals surface area contributed by atoms with Crippen LogP contribution in [0.1, 0.15) is 46.0 Å². The normalized spacial score (nSPS) is 13.2. The highest BCUT2D eigenvalue weighted by Crippen LogP contribution is 2.07. The van der Waals surface area contributed by atoms with Crippen LogP contribution in [-0.4, -0.2) is 19.0 Å². The lowest BCUT2D eigenvalue weighted by atomic mass is 10.0. The summed E-state index contributed by atoms with van der Waals surface area (Å²) in [5.74, 6) is 1.58. The molecule has 1 nitrogen and oxygen atoms in total. The summed E-state index contributed by atoms with van der Waals surface area (Å²) in [7, 11) is 0. The molecule has 0 heterocycles. The van der Waals surface area contributed by atoms with Crippen LogP contribution in [0.3, 0.4) is 0 Å². The number of unbranched alkanes of at least 4 members (excludes halogenated alkanes) is 2. The summed E-state index contributed by atoms with van der Waals surface area (Å²) in [6.07, 6.45) is 6.36. The third kappa shape index (κ3) is 8.58. The van der Waals surface area contributed by atoms with Crippen LogP contribution in [0.4, 0.5) is 0 Å². The van der Waals surface area contributed by atoms with Gasteiger partial charge in [-0.2, -0.15) is 0 Å². The lowest BCUT2D eigenvalue weighted by molar-refractivity contribution is 0.447. The third-order valence-electron chi connectivity index (χ3n) is 2.48. The summed E-state index contributed by atoms with van der Waals surface area (Å²) in [5, 5.41) is 3.50. The Hall–Kier alpha value is 0.250. The molecule has 0 fully saturated rings. The molecule has 0 radical (unpaired) electrons. The van der Waals surface area contributed by atoms with Crippen molar-refractivity contribution in [1.82, 2.24) is 5.32 Å². The van der Waals surface area contributed by atoms with Crippen molar-refractivity contribution in [3.05, 3.63) is 0 Å². The highest BCUT2D eigenvalue weighted by molar-refractivity contribution is 6.17. The quantitative estimate of drug-likeness (QED) is 0.449. The molecule has 0 aliphatic heterocycles.